The molecule has 0 amide bonds. The molecule has 1 aliphatic heterocycles. The van der Waals surface area contributed by atoms with E-state index in [1.54, 1.807) is 0 Å². The van der Waals surface area contributed by atoms with Gasteiger partial charge in [0.2, 0.25) is 0 Å². The van der Waals surface area contributed by atoms with Crippen molar-refractivity contribution in [3.63, 3.8) is 0 Å². The van der Waals surface area contributed by atoms with Crippen LogP contribution in [0.3, 0.4) is 0 Å². The molecule has 0 saturated carbocycles. The summed E-state index contributed by atoms with van der Waals surface area (Å²) in [5, 5.41) is 0. The van der Waals surface area contributed by atoms with Crippen LogP contribution in [0.5, 0.6) is 0 Å². The summed E-state index contributed by atoms with van der Waals surface area (Å²) in [6.07, 6.45) is 3.39. The Morgan fingerprint density at radius 2 is 1.12 bits per heavy atom. The summed E-state index contributed by atoms with van der Waals surface area (Å²) in [4.78, 5) is 5.16. The molecule has 1 aliphatic rings. The van der Waals surface area contributed by atoms with Crippen molar-refractivity contribution in [2.24, 2.45) is 0 Å². The van der Waals surface area contributed by atoms with E-state index in [4.69, 9.17) is 4.74 Å². The molecule has 3 nitrogen and oxygen atoms in total. The van der Waals surface area contributed by atoms with Crippen molar-refractivity contribution >= 4 is 24.8 Å². The molecule has 1 saturated heterocycles. The summed E-state index contributed by atoms with van der Waals surface area (Å²) in [7, 11) is 0. The number of hydrogen-bond donors (Lipinski definition) is 0. The van der Waals surface area contributed by atoms with E-state index < -0.39 is 0 Å². The van der Waals surface area contributed by atoms with Crippen LogP contribution in [0.15, 0.2) is 84.9 Å². The minimum atomic E-state index is 0. The van der Waals surface area contributed by atoms with Gasteiger partial charge in [-0.25, -0.2) is 0 Å². The molecule has 0 atom stereocenters. The minimum Gasteiger partial charge on any atom is -0.375 e. The van der Waals surface area contributed by atoms with Crippen LogP contribution in [0, 0.1) is 0 Å². The van der Waals surface area contributed by atoms with E-state index in [0.717, 1.165) is 32.7 Å². The van der Waals surface area contributed by atoms with E-state index >= 15 is 0 Å². The van der Waals surface area contributed by atoms with Gasteiger partial charge in [-0.05, 0) is 48.1 Å². The zero-order chi connectivity index (χ0) is 21.8. The highest BCUT2D eigenvalue weighted by Crippen LogP contribution is 2.15. The highest BCUT2D eigenvalue weighted by atomic mass is 35.5. The first-order chi connectivity index (χ1) is 15.9. The third-order valence-corrected chi connectivity index (χ3v) is 6.41. The fourth-order valence-electron chi connectivity index (χ4n) is 4.45. The Morgan fingerprint density at radius 3 is 1.76 bits per heavy atom. The Balaban J connectivity index is 0.00000204. The summed E-state index contributed by atoms with van der Waals surface area (Å²) in [6.45, 7) is 8.38. The summed E-state index contributed by atoms with van der Waals surface area (Å²) >= 11 is 0. The number of benzene rings is 3. The zero-order valence-corrected chi connectivity index (χ0v) is 21.6. The van der Waals surface area contributed by atoms with Gasteiger partial charge in [0.15, 0.2) is 0 Å². The number of hydrogen-bond acceptors (Lipinski definition) is 3. The van der Waals surface area contributed by atoms with Crippen molar-refractivity contribution in [1.29, 1.82) is 0 Å². The molecule has 0 spiro atoms. The Hall–Kier alpha value is -1.88. The number of ether oxygens (including phenoxy) is 1. The molecule has 184 valence electrons. The SMILES string of the molecule is Cl.Cl.c1ccc(CCCN2CCN(CCOCc3ccccc3Cc3ccccc3)CC2)cc1. The Bertz CT molecular complexity index is 916. The van der Waals surface area contributed by atoms with Crippen LogP contribution in [-0.2, 0) is 24.2 Å². The first-order valence-electron chi connectivity index (χ1n) is 12.0. The van der Waals surface area contributed by atoms with Crippen LogP contribution in [0.1, 0.15) is 28.7 Å². The maximum atomic E-state index is 6.09. The van der Waals surface area contributed by atoms with Gasteiger partial charge in [0, 0.05) is 32.7 Å². The standard InChI is InChI=1S/C29H36N2O.2ClH/c1-3-10-26(11-4-1)14-9-17-30-18-20-31(21-19-30)22-23-32-25-29-16-8-7-15-28(29)24-27-12-5-2-6-13-27;;/h1-8,10-13,15-16H,9,14,17-25H2;2*1H. The molecule has 5 heteroatoms. The molecule has 0 aromatic heterocycles. The van der Waals surface area contributed by atoms with Gasteiger partial charge in [-0.15, -0.1) is 24.8 Å². The number of aryl methyl sites for hydroxylation is 1. The van der Waals surface area contributed by atoms with Gasteiger partial charge in [-0.1, -0.05) is 84.9 Å². The summed E-state index contributed by atoms with van der Waals surface area (Å²) in [5.41, 5.74) is 5.47. The topological polar surface area (TPSA) is 15.7 Å². The van der Waals surface area contributed by atoms with Gasteiger partial charge >= 0.3 is 0 Å². The van der Waals surface area contributed by atoms with Crippen LogP contribution in [0.4, 0.5) is 0 Å². The normalized spacial score (nSPS) is 14.2. The highest BCUT2D eigenvalue weighted by Gasteiger charge is 2.16. The van der Waals surface area contributed by atoms with Crippen molar-refractivity contribution < 1.29 is 4.74 Å². The summed E-state index contributed by atoms with van der Waals surface area (Å²) < 4.78 is 6.09. The van der Waals surface area contributed by atoms with Crippen LogP contribution >= 0.6 is 24.8 Å². The average Bonchev–Trinajstić information content (AvgIpc) is 2.85. The molecule has 1 heterocycles. The molecule has 0 aliphatic carbocycles. The second kappa shape index (κ2) is 15.9. The first-order valence-corrected chi connectivity index (χ1v) is 12.0. The molecule has 34 heavy (non-hydrogen) atoms. The Labute approximate surface area is 217 Å². The van der Waals surface area contributed by atoms with E-state index in [1.807, 2.05) is 0 Å². The van der Waals surface area contributed by atoms with Crippen molar-refractivity contribution in [2.45, 2.75) is 25.9 Å². The van der Waals surface area contributed by atoms with Gasteiger partial charge in [0.05, 0.1) is 13.2 Å². The van der Waals surface area contributed by atoms with Gasteiger partial charge in [-0.3, -0.25) is 4.90 Å². The number of halogens is 2. The number of nitrogens with zero attached hydrogens (tertiary/aromatic N) is 2. The molecule has 3 aromatic carbocycles. The van der Waals surface area contributed by atoms with Crippen LogP contribution < -0.4 is 0 Å². The molecule has 1 fully saturated rings. The van der Waals surface area contributed by atoms with E-state index in [-0.39, 0.29) is 24.8 Å². The second-order valence-corrected chi connectivity index (χ2v) is 8.76. The monoisotopic (exact) mass is 500 g/mol. The predicted molar refractivity (Wildman–Crippen MR) is 147 cm³/mol. The summed E-state index contributed by atoms with van der Waals surface area (Å²) in [6, 6.07) is 30.2. The maximum Gasteiger partial charge on any atom is 0.0720 e. The van der Waals surface area contributed by atoms with Crippen molar-refractivity contribution in [1.82, 2.24) is 9.80 Å². The lowest BCUT2D eigenvalue weighted by molar-refractivity contribution is 0.0680. The quantitative estimate of drug-likeness (QED) is 0.305. The molecule has 0 radical (unpaired) electrons. The van der Waals surface area contributed by atoms with E-state index in [0.29, 0.717) is 6.61 Å². The molecule has 0 bridgehead atoms. The summed E-state index contributed by atoms with van der Waals surface area (Å²) in [5.74, 6) is 0. The molecule has 4 rings (SSSR count). The van der Waals surface area contributed by atoms with Crippen molar-refractivity contribution in [3.8, 4) is 0 Å². The van der Waals surface area contributed by atoms with E-state index in [1.165, 1.54) is 54.7 Å². The van der Waals surface area contributed by atoms with Gasteiger partial charge < -0.3 is 9.64 Å². The molecular weight excluding hydrogens is 463 g/mol. The van der Waals surface area contributed by atoms with Crippen LogP contribution in [0.2, 0.25) is 0 Å². The third kappa shape index (κ3) is 9.40. The molecule has 3 aromatic rings. The minimum absolute atomic E-state index is 0. The molecule has 0 unspecified atom stereocenters. The van der Waals surface area contributed by atoms with Crippen molar-refractivity contribution in [3.05, 3.63) is 107 Å². The lowest BCUT2D eigenvalue weighted by Gasteiger charge is -2.34. The lowest BCUT2D eigenvalue weighted by atomic mass is 10.0. The number of rotatable bonds is 11. The molecule has 0 N–H and O–H groups in total. The van der Waals surface area contributed by atoms with E-state index in [2.05, 4.69) is 94.7 Å². The largest absolute Gasteiger partial charge is 0.375 e. The Morgan fingerprint density at radius 1 is 0.588 bits per heavy atom. The highest BCUT2D eigenvalue weighted by molar-refractivity contribution is 5.85. The van der Waals surface area contributed by atoms with Crippen molar-refractivity contribution in [2.75, 3.05) is 45.9 Å². The van der Waals surface area contributed by atoms with Crippen LogP contribution in [-0.4, -0.2) is 55.7 Å². The smallest absolute Gasteiger partial charge is 0.0720 e. The van der Waals surface area contributed by atoms with E-state index in [9.17, 15) is 0 Å². The Kier molecular flexibility index (Phi) is 13.3. The fourth-order valence-corrected chi connectivity index (χ4v) is 4.45. The number of piperazine rings is 1. The first kappa shape index (κ1) is 28.4. The second-order valence-electron chi connectivity index (χ2n) is 8.76. The fraction of sp³-hybridized carbons (Fsp3) is 0.379. The molecular formula is C29H38Cl2N2O. The van der Waals surface area contributed by atoms with Gasteiger partial charge in [0.25, 0.3) is 0 Å². The van der Waals surface area contributed by atoms with Gasteiger partial charge in [-0.2, -0.15) is 0 Å². The maximum absolute atomic E-state index is 6.09. The van der Waals surface area contributed by atoms with Crippen LogP contribution in [0.25, 0.3) is 0 Å². The predicted octanol–water partition coefficient (Wildman–Crippen LogP) is 5.89. The van der Waals surface area contributed by atoms with Gasteiger partial charge in [0.1, 0.15) is 0 Å². The lowest BCUT2D eigenvalue weighted by Crippen LogP contribution is -2.47. The average molecular weight is 502 g/mol. The third-order valence-electron chi connectivity index (χ3n) is 6.41. The zero-order valence-electron chi connectivity index (χ0n) is 20.0.